The van der Waals surface area contributed by atoms with Crippen LogP contribution in [-0.2, 0) is 13.0 Å². The number of nitrogens with one attached hydrogen (secondary N) is 1. The number of piperazine rings is 1. The number of hydrogen-bond donors (Lipinski definition) is 2. The van der Waals surface area contributed by atoms with Crippen LogP contribution in [0.2, 0.25) is 10.0 Å². The number of fused-ring (bicyclic) bond motifs is 1. The molecule has 34 heavy (non-hydrogen) atoms. The smallest absolute Gasteiger partial charge is 0.172 e. The number of hydrogen-bond acceptors (Lipinski definition) is 7. The number of pyridine rings is 1. The molecule has 0 amide bonds. The predicted octanol–water partition coefficient (Wildman–Crippen LogP) is 4.79. The second kappa shape index (κ2) is 10.2. The van der Waals surface area contributed by atoms with Crippen LogP contribution in [0, 0.1) is 0 Å². The highest BCUT2D eigenvalue weighted by atomic mass is 35.5. The van der Waals surface area contributed by atoms with Crippen LogP contribution < -0.4 is 10.2 Å². The van der Waals surface area contributed by atoms with Gasteiger partial charge in [0.1, 0.15) is 5.52 Å². The number of benzene rings is 1. The van der Waals surface area contributed by atoms with Gasteiger partial charge >= 0.3 is 0 Å². The summed E-state index contributed by atoms with van der Waals surface area (Å²) in [7, 11) is 0. The van der Waals surface area contributed by atoms with Crippen LogP contribution in [-0.4, -0.2) is 62.8 Å². The van der Waals surface area contributed by atoms with Gasteiger partial charge < -0.3 is 15.3 Å². The Balaban J connectivity index is 1.55. The molecule has 1 aromatic carbocycles. The largest absolute Gasteiger partial charge is 0.390 e. The van der Waals surface area contributed by atoms with Gasteiger partial charge in [0.2, 0.25) is 0 Å². The molecule has 2 N–H and O–H groups in total. The molecule has 0 saturated carbocycles. The summed E-state index contributed by atoms with van der Waals surface area (Å²) in [5.41, 5.74) is 2.57. The van der Waals surface area contributed by atoms with Crippen molar-refractivity contribution in [3.8, 4) is 0 Å². The molecule has 1 saturated heterocycles. The Hall–Kier alpha value is -2.19. The third kappa shape index (κ3) is 6.27. The van der Waals surface area contributed by atoms with Crippen molar-refractivity contribution < 1.29 is 5.11 Å². The van der Waals surface area contributed by atoms with E-state index in [1.54, 1.807) is 26.1 Å². The molecule has 9 heteroatoms. The highest BCUT2D eigenvalue weighted by Gasteiger charge is 2.23. The normalized spacial score (nSPS) is 15.4. The first-order chi connectivity index (χ1) is 16.1. The topological polar surface area (TPSA) is 77.4 Å². The van der Waals surface area contributed by atoms with Crippen molar-refractivity contribution in [1.82, 2.24) is 19.9 Å². The van der Waals surface area contributed by atoms with Gasteiger partial charge in [-0.2, -0.15) is 0 Å². The molecule has 0 bridgehead atoms. The Morgan fingerprint density at radius 3 is 2.44 bits per heavy atom. The Labute approximate surface area is 211 Å². The molecule has 3 heterocycles. The monoisotopic (exact) mass is 502 g/mol. The van der Waals surface area contributed by atoms with Crippen LogP contribution in [0.15, 0.2) is 30.5 Å². The van der Waals surface area contributed by atoms with Gasteiger partial charge in [-0.3, -0.25) is 9.88 Å². The molecule has 0 unspecified atom stereocenters. The molecule has 1 aliphatic heterocycles. The average molecular weight is 503 g/mol. The fourth-order valence-corrected chi connectivity index (χ4v) is 4.60. The van der Waals surface area contributed by atoms with E-state index in [2.05, 4.69) is 33.9 Å². The molecule has 182 valence electrons. The standard InChI is InChI=1S/C25H32Cl2N6O/c1-16(2)29-23-24(31-21-12-19(13-25(3,4)34)28-14-22(21)30-23)33-9-7-32(8-10-33)15-17-5-6-18(26)11-20(17)27/h5-6,11-12,14,16,34H,7-10,13,15H2,1-4H3,(H,29,30). The van der Waals surface area contributed by atoms with E-state index in [9.17, 15) is 5.11 Å². The summed E-state index contributed by atoms with van der Waals surface area (Å²) in [4.78, 5) is 19.0. The van der Waals surface area contributed by atoms with Gasteiger partial charge in [0.15, 0.2) is 11.6 Å². The van der Waals surface area contributed by atoms with Gasteiger partial charge in [-0.25, -0.2) is 9.97 Å². The highest BCUT2D eigenvalue weighted by molar-refractivity contribution is 6.35. The fourth-order valence-electron chi connectivity index (χ4n) is 4.13. The van der Waals surface area contributed by atoms with Crippen molar-refractivity contribution in [2.75, 3.05) is 36.4 Å². The molecular formula is C25H32Cl2N6O. The first kappa shape index (κ1) is 24.9. The van der Waals surface area contributed by atoms with Crippen molar-refractivity contribution in [3.63, 3.8) is 0 Å². The second-order valence-electron chi connectivity index (χ2n) is 9.85. The first-order valence-electron chi connectivity index (χ1n) is 11.6. The molecule has 7 nitrogen and oxygen atoms in total. The maximum Gasteiger partial charge on any atom is 0.172 e. The highest BCUT2D eigenvalue weighted by Crippen LogP contribution is 2.28. The van der Waals surface area contributed by atoms with Crippen molar-refractivity contribution in [2.24, 2.45) is 0 Å². The van der Waals surface area contributed by atoms with Crippen LogP contribution in [0.4, 0.5) is 11.6 Å². The summed E-state index contributed by atoms with van der Waals surface area (Å²) in [6.45, 7) is 12.0. The number of aliphatic hydroxyl groups is 1. The summed E-state index contributed by atoms with van der Waals surface area (Å²) >= 11 is 12.4. The Bertz CT molecular complexity index is 1160. The first-order valence-corrected chi connectivity index (χ1v) is 12.4. The maximum atomic E-state index is 10.2. The lowest BCUT2D eigenvalue weighted by atomic mass is 10.0. The zero-order valence-electron chi connectivity index (χ0n) is 20.1. The van der Waals surface area contributed by atoms with E-state index in [0.717, 1.165) is 66.7 Å². The van der Waals surface area contributed by atoms with Crippen LogP contribution in [0.1, 0.15) is 39.0 Å². The zero-order valence-corrected chi connectivity index (χ0v) is 21.7. The van der Waals surface area contributed by atoms with Crippen LogP contribution >= 0.6 is 23.2 Å². The summed E-state index contributed by atoms with van der Waals surface area (Å²) < 4.78 is 0. The van der Waals surface area contributed by atoms with Crippen molar-refractivity contribution in [2.45, 2.75) is 52.3 Å². The van der Waals surface area contributed by atoms with Gasteiger partial charge in [0.05, 0.1) is 17.3 Å². The Kier molecular flexibility index (Phi) is 7.48. The van der Waals surface area contributed by atoms with Crippen LogP contribution in [0.5, 0.6) is 0 Å². The van der Waals surface area contributed by atoms with E-state index in [1.807, 2.05) is 18.2 Å². The lowest BCUT2D eigenvalue weighted by Crippen LogP contribution is -2.46. The van der Waals surface area contributed by atoms with Crippen molar-refractivity contribution in [1.29, 1.82) is 0 Å². The van der Waals surface area contributed by atoms with Gasteiger partial charge in [-0.1, -0.05) is 29.3 Å². The van der Waals surface area contributed by atoms with Gasteiger partial charge in [0.25, 0.3) is 0 Å². The van der Waals surface area contributed by atoms with E-state index in [1.165, 1.54) is 0 Å². The number of halogens is 2. The molecule has 0 aliphatic carbocycles. The molecule has 1 aliphatic rings. The third-order valence-electron chi connectivity index (χ3n) is 5.71. The number of rotatable bonds is 7. The molecule has 1 fully saturated rings. The number of anilines is 2. The van der Waals surface area contributed by atoms with Crippen LogP contribution in [0.3, 0.4) is 0 Å². The fraction of sp³-hybridized carbons (Fsp3) is 0.480. The molecule has 4 rings (SSSR count). The average Bonchev–Trinajstić information content (AvgIpc) is 2.74. The summed E-state index contributed by atoms with van der Waals surface area (Å²) in [5.74, 6) is 1.62. The quantitative estimate of drug-likeness (QED) is 0.480. The second-order valence-corrected chi connectivity index (χ2v) is 10.7. The SMILES string of the molecule is CC(C)Nc1nc2cnc(CC(C)(C)O)cc2nc1N1CCN(Cc2ccc(Cl)cc2Cl)CC1. The molecule has 0 radical (unpaired) electrons. The minimum absolute atomic E-state index is 0.223. The van der Waals surface area contributed by atoms with Gasteiger partial charge in [0, 0.05) is 60.9 Å². The van der Waals surface area contributed by atoms with Gasteiger partial charge in [-0.05, 0) is 51.5 Å². The Morgan fingerprint density at radius 2 is 1.79 bits per heavy atom. The van der Waals surface area contributed by atoms with E-state index in [0.29, 0.717) is 16.5 Å². The van der Waals surface area contributed by atoms with Crippen LogP contribution in [0.25, 0.3) is 11.0 Å². The lowest BCUT2D eigenvalue weighted by Gasteiger charge is -2.36. The molecular weight excluding hydrogens is 471 g/mol. The lowest BCUT2D eigenvalue weighted by molar-refractivity contribution is 0.0800. The Morgan fingerprint density at radius 1 is 1.06 bits per heavy atom. The minimum atomic E-state index is -0.834. The summed E-state index contributed by atoms with van der Waals surface area (Å²) in [6.07, 6.45) is 2.20. The van der Waals surface area contributed by atoms with Gasteiger partial charge in [-0.15, -0.1) is 0 Å². The van der Waals surface area contributed by atoms with E-state index in [-0.39, 0.29) is 6.04 Å². The molecule has 2 aromatic heterocycles. The predicted molar refractivity (Wildman–Crippen MR) is 140 cm³/mol. The number of nitrogens with zero attached hydrogens (tertiary/aromatic N) is 5. The minimum Gasteiger partial charge on any atom is -0.390 e. The van der Waals surface area contributed by atoms with E-state index >= 15 is 0 Å². The molecule has 0 spiro atoms. The zero-order chi connectivity index (χ0) is 24.5. The van der Waals surface area contributed by atoms with Crippen molar-refractivity contribution in [3.05, 3.63) is 51.8 Å². The maximum absolute atomic E-state index is 10.2. The van der Waals surface area contributed by atoms with E-state index < -0.39 is 5.60 Å². The van der Waals surface area contributed by atoms with Crippen molar-refractivity contribution >= 4 is 45.9 Å². The summed E-state index contributed by atoms with van der Waals surface area (Å²) in [6, 6.07) is 7.83. The van der Waals surface area contributed by atoms with E-state index in [4.69, 9.17) is 33.2 Å². The third-order valence-corrected chi connectivity index (χ3v) is 6.30. The molecule has 3 aromatic rings. The molecule has 0 atom stereocenters. The number of aromatic nitrogens is 3. The summed E-state index contributed by atoms with van der Waals surface area (Å²) in [5, 5.41) is 15.0.